The monoisotopic (exact) mass is 250 g/mol. The Balaban J connectivity index is 2.66. The molecule has 0 heterocycles. The zero-order chi connectivity index (χ0) is 13.5. The van der Waals surface area contributed by atoms with Gasteiger partial charge in [0.25, 0.3) is 5.91 Å². The van der Waals surface area contributed by atoms with Gasteiger partial charge in [-0.25, -0.2) is 0 Å². The standard InChI is InChI=1S/C13H22N4O/c1-3-17(4-2)8-7-16-12-9-10(14)5-6-11(12)13(15)18/h5-6,9,16H,3-4,7-8,14H2,1-2H3,(H2,15,18). The highest BCUT2D eigenvalue weighted by Gasteiger charge is 2.08. The van der Waals surface area contributed by atoms with Crippen LogP contribution in [0.1, 0.15) is 24.2 Å². The first kappa shape index (κ1) is 14.3. The molecule has 0 aliphatic carbocycles. The molecule has 1 amide bonds. The molecule has 5 nitrogen and oxygen atoms in total. The van der Waals surface area contributed by atoms with Crippen molar-refractivity contribution in [3.8, 4) is 0 Å². The topological polar surface area (TPSA) is 84.4 Å². The first-order valence-electron chi connectivity index (χ1n) is 6.24. The van der Waals surface area contributed by atoms with Crippen LogP contribution in [0.25, 0.3) is 0 Å². The molecule has 0 atom stereocenters. The molecule has 0 aliphatic heterocycles. The van der Waals surface area contributed by atoms with E-state index in [2.05, 4.69) is 24.1 Å². The van der Waals surface area contributed by atoms with Gasteiger partial charge in [0.15, 0.2) is 0 Å². The van der Waals surface area contributed by atoms with Gasteiger partial charge < -0.3 is 21.7 Å². The summed E-state index contributed by atoms with van der Waals surface area (Å²) in [7, 11) is 0. The van der Waals surface area contributed by atoms with Crippen LogP contribution in [0.2, 0.25) is 0 Å². The van der Waals surface area contributed by atoms with Crippen molar-refractivity contribution >= 4 is 17.3 Å². The minimum atomic E-state index is -0.444. The lowest BCUT2D eigenvalue weighted by atomic mass is 10.1. The van der Waals surface area contributed by atoms with Crippen molar-refractivity contribution in [1.82, 2.24) is 4.90 Å². The minimum Gasteiger partial charge on any atom is -0.399 e. The molecule has 5 heteroatoms. The van der Waals surface area contributed by atoms with Gasteiger partial charge in [0.1, 0.15) is 0 Å². The summed E-state index contributed by atoms with van der Waals surface area (Å²) >= 11 is 0. The maximum atomic E-state index is 11.3. The van der Waals surface area contributed by atoms with Gasteiger partial charge in [0.05, 0.1) is 5.56 Å². The molecule has 100 valence electrons. The Bertz CT molecular complexity index is 402. The summed E-state index contributed by atoms with van der Waals surface area (Å²) in [4.78, 5) is 13.6. The first-order valence-corrected chi connectivity index (χ1v) is 6.24. The lowest BCUT2D eigenvalue weighted by Crippen LogP contribution is -2.29. The van der Waals surface area contributed by atoms with Gasteiger partial charge >= 0.3 is 0 Å². The van der Waals surface area contributed by atoms with Crippen LogP contribution in [0.15, 0.2) is 18.2 Å². The van der Waals surface area contributed by atoms with Crippen molar-refractivity contribution in [3.05, 3.63) is 23.8 Å². The molecular weight excluding hydrogens is 228 g/mol. The van der Waals surface area contributed by atoms with Crippen molar-refractivity contribution in [2.75, 3.05) is 37.2 Å². The molecule has 0 bridgehead atoms. The first-order chi connectivity index (χ1) is 8.58. The minimum absolute atomic E-state index is 0.444. The van der Waals surface area contributed by atoms with Gasteiger partial charge in [-0.1, -0.05) is 13.8 Å². The third-order valence-electron chi connectivity index (χ3n) is 2.95. The predicted octanol–water partition coefficient (Wildman–Crippen LogP) is 1.12. The zero-order valence-corrected chi connectivity index (χ0v) is 11.1. The van der Waals surface area contributed by atoms with Crippen LogP contribution >= 0.6 is 0 Å². The fourth-order valence-electron chi connectivity index (χ4n) is 1.81. The van der Waals surface area contributed by atoms with Crippen molar-refractivity contribution in [2.24, 2.45) is 5.73 Å². The van der Waals surface area contributed by atoms with E-state index >= 15 is 0 Å². The van der Waals surface area contributed by atoms with Gasteiger partial charge in [-0.3, -0.25) is 4.79 Å². The highest BCUT2D eigenvalue weighted by Crippen LogP contribution is 2.18. The van der Waals surface area contributed by atoms with E-state index in [0.717, 1.165) is 26.2 Å². The van der Waals surface area contributed by atoms with E-state index in [0.29, 0.717) is 16.9 Å². The highest BCUT2D eigenvalue weighted by atomic mass is 16.1. The third-order valence-corrected chi connectivity index (χ3v) is 2.95. The molecule has 0 unspecified atom stereocenters. The van der Waals surface area contributed by atoms with Crippen LogP contribution in [0.3, 0.4) is 0 Å². The van der Waals surface area contributed by atoms with Gasteiger partial charge in [-0.15, -0.1) is 0 Å². The van der Waals surface area contributed by atoms with E-state index in [1.807, 2.05) is 0 Å². The van der Waals surface area contributed by atoms with Crippen molar-refractivity contribution in [3.63, 3.8) is 0 Å². The molecule has 0 saturated heterocycles. The molecule has 5 N–H and O–H groups in total. The number of likely N-dealkylation sites (N-methyl/N-ethyl adjacent to an activating group) is 1. The Hall–Kier alpha value is -1.75. The van der Waals surface area contributed by atoms with Gasteiger partial charge in [0, 0.05) is 24.5 Å². The summed E-state index contributed by atoms with van der Waals surface area (Å²) in [6.07, 6.45) is 0. The van der Waals surface area contributed by atoms with Crippen LogP contribution in [-0.2, 0) is 0 Å². The van der Waals surface area contributed by atoms with Crippen molar-refractivity contribution in [1.29, 1.82) is 0 Å². The number of amides is 1. The van der Waals surface area contributed by atoms with E-state index in [1.165, 1.54) is 0 Å². The Labute approximate surface area is 108 Å². The summed E-state index contributed by atoms with van der Waals surface area (Å²) in [6.45, 7) is 7.94. The van der Waals surface area contributed by atoms with Crippen LogP contribution in [0.4, 0.5) is 11.4 Å². The Kier molecular flexibility index (Phi) is 5.45. The molecule has 0 spiro atoms. The zero-order valence-electron chi connectivity index (χ0n) is 11.1. The molecule has 1 rings (SSSR count). The molecule has 0 aromatic heterocycles. The van der Waals surface area contributed by atoms with Gasteiger partial charge in [-0.05, 0) is 31.3 Å². The molecular formula is C13H22N4O. The fourth-order valence-corrected chi connectivity index (χ4v) is 1.81. The second-order valence-corrected chi connectivity index (χ2v) is 4.12. The Morgan fingerprint density at radius 2 is 2.00 bits per heavy atom. The number of primary amides is 1. The molecule has 0 radical (unpaired) electrons. The van der Waals surface area contributed by atoms with E-state index in [4.69, 9.17) is 11.5 Å². The second kappa shape index (κ2) is 6.86. The number of rotatable bonds is 7. The summed E-state index contributed by atoms with van der Waals surface area (Å²) in [6, 6.07) is 5.06. The van der Waals surface area contributed by atoms with Gasteiger partial charge in [-0.2, -0.15) is 0 Å². The lowest BCUT2D eigenvalue weighted by Gasteiger charge is -2.19. The Morgan fingerprint density at radius 1 is 1.33 bits per heavy atom. The lowest BCUT2D eigenvalue weighted by molar-refractivity contribution is 0.100. The number of nitrogens with zero attached hydrogens (tertiary/aromatic N) is 1. The number of nitrogen functional groups attached to an aromatic ring is 1. The average molecular weight is 250 g/mol. The van der Waals surface area contributed by atoms with E-state index < -0.39 is 5.91 Å². The molecule has 1 aromatic carbocycles. The second-order valence-electron chi connectivity index (χ2n) is 4.12. The predicted molar refractivity (Wildman–Crippen MR) is 75.7 cm³/mol. The third kappa shape index (κ3) is 3.92. The summed E-state index contributed by atoms with van der Waals surface area (Å²) < 4.78 is 0. The highest BCUT2D eigenvalue weighted by molar-refractivity contribution is 5.99. The number of benzene rings is 1. The maximum Gasteiger partial charge on any atom is 0.250 e. The Morgan fingerprint density at radius 3 is 2.56 bits per heavy atom. The van der Waals surface area contributed by atoms with E-state index in [1.54, 1.807) is 18.2 Å². The normalized spacial score (nSPS) is 10.6. The average Bonchev–Trinajstić information content (AvgIpc) is 2.34. The number of carbonyl (C=O) groups excluding carboxylic acids is 1. The molecule has 18 heavy (non-hydrogen) atoms. The molecule has 0 saturated carbocycles. The van der Waals surface area contributed by atoms with Crippen LogP contribution in [-0.4, -0.2) is 37.0 Å². The van der Waals surface area contributed by atoms with E-state index in [-0.39, 0.29) is 0 Å². The SMILES string of the molecule is CCN(CC)CCNc1cc(N)ccc1C(N)=O. The van der Waals surface area contributed by atoms with Crippen LogP contribution < -0.4 is 16.8 Å². The van der Waals surface area contributed by atoms with Crippen molar-refractivity contribution in [2.45, 2.75) is 13.8 Å². The molecule has 1 aromatic rings. The number of hydrogen-bond donors (Lipinski definition) is 3. The number of nitrogens with two attached hydrogens (primary N) is 2. The van der Waals surface area contributed by atoms with Crippen molar-refractivity contribution < 1.29 is 4.79 Å². The summed E-state index contributed by atoms with van der Waals surface area (Å²) in [5.74, 6) is -0.444. The maximum absolute atomic E-state index is 11.3. The molecule has 0 fully saturated rings. The number of nitrogens with one attached hydrogen (secondary N) is 1. The van der Waals surface area contributed by atoms with Crippen LogP contribution in [0.5, 0.6) is 0 Å². The quantitative estimate of drug-likeness (QED) is 0.633. The fraction of sp³-hybridized carbons (Fsp3) is 0.462. The number of anilines is 2. The largest absolute Gasteiger partial charge is 0.399 e. The number of carbonyl (C=O) groups is 1. The van der Waals surface area contributed by atoms with Crippen LogP contribution in [0, 0.1) is 0 Å². The smallest absolute Gasteiger partial charge is 0.250 e. The number of hydrogen-bond acceptors (Lipinski definition) is 4. The van der Waals surface area contributed by atoms with E-state index in [9.17, 15) is 4.79 Å². The summed E-state index contributed by atoms with van der Waals surface area (Å²) in [5, 5.41) is 3.21. The summed E-state index contributed by atoms with van der Waals surface area (Å²) in [5.41, 5.74) is 12.8. The van der Waals surface area contributed by atoms with Gasteiger partial charge in [0.2, 0.25) is 0 Å². The molecule has 0 aliphatic rings.